The average molecular weight is 256 g/mol. The fourth-order valence-corrected chi connectivity index (χ4v) is 2.30. The monoisotopic (exact) mass is 256 g/mol. The Hall–Kier alpha value is -1.86. The number of hydrogen-bond donors (Lipinski definition) is 1. The fourth-order valence-electron chi connectivity index (χ4n) is 2.30. The lowest BCUT2D eigenvalue weighted by Crippen LogP contribution is -2.24. The second-order valence-corrected chi connectivity index (χ2v) is 4.88. The molecular formula is C15H20N4. The Morgan fingerprint density at radius 2 is 2.21 bits per heavy atom. The molecular weight excluding hydrogens is 236 g/mol. The fraction of sp³-hybridized carbons (Fsp3) is 0.467. The highest BCUT2D eigenvalue weighted by Crippen LogP contribution is 2.18. The SMILES string of the molecule is CCNCC(C)Cn1c(CC#N)nc2ccccc21. The molecule has 1 heterocycles. The van der Waals surface area contributed by atoms with Crippen molar-refractivity contribution in [3.05, 3.63) is 30.1 Å². The number of para-hydroxylation sites is 2. The molecule has 1 unspecified atom stereocenters. The summed E-state index contributed by atoms with van der Waals surface area (Å²) in [5.74, 6) is 1.38. The molecule has 4 heteroatoms. The van der Waals surface area contributed by atoms with Crippen LogP contribution < -0.4 is 5.32 Å². The quantitative estimate of drug-likeness (QED) is 0.863. The predicted molar refractivity (Wildman–Crippen MR) is 76.8 cm³/mol. The zero-order valence-electron chi connectivity index (χ0n) is 11.6. The zero-order valence-corrected chi connectivity index (χ0v) is 11.6. The van der Waals surface area contributed by atoms with E-state index < -0.39 is 0 Å². The number of benzene rings is 1. The van der Waals surface area contributed by atoms with Crippen molar-refractivity contribution in [2.75, 3.05) is 13.1 Å². The summed E-state index contributed by atoms with van der Waals surface area (Å²) in [6, 6.07) is 10.3. The zero-order chi connectivity index (χ0) is 13.7. The number of hydrogen-bond acceptors (Lipinski definition) is 3. The molecule has 100 valence electrons. The van der Waals surface area contributed by atoms with Crippen LogP contribution in [0.15, 0.2) is 24.3 Å². The van der Waals surface area contributed by atoms with Gasteiger partial charge in [0.1, 0.15) is 5.82 Å². The molecule has 0 amide bonds. The van der Waals surface area contributed by atoms with Crippen LogP contribution in [0.2, 0.25) is 0 Å². The number of rotatable bonds is 6. The van der Waals surface area contributed by atoms with Crippen LogP contribution in [0, 0.1) is 17.2 Å². The van der Waals surface area contributed by atoms with Crippen molar-refractivity contribution in [2.45, 2.75) is 26.8 Å². The van der Waals surface area contributed by atoms with Gasteiger partial charge in [-0.25, -0.2) is 4.98 Å². The lowest BCUT2D eigenvalue weighted by molar-refractivity contribution is 0.451. The van der Waals surface area contributed by atoms with Gasteiger partial charge < -0.3 is 9.88 Å². The van der Waals surface area contributed by atoms with Crippen LogP contribution in [0.5, 0.6) is 0 Å². The lowest BCUT2D eigenvalue weighted by Gasteiger charge is -2.15. The van der Waals surface area contributed by atoms with Crippen molar-refractivity contribution in [3.63, 3.8) is 0 Å². The van der Waals surface area contributed by atoms with Crippen LogP contribution in [-0.2, 0) is 13.0 Å². The minimum Gasteiger partial charge on any atom is -0.327 e. The van der Waals surface area contributed by atoms with Gasteiger partial charge in [0.2, 0.25) is 0 Å². The van der Waals surface area contributed by atoms with Gasteiger partial charge in [-0.3, -0.25) is 0 Å². The standard InChI is InChI=1S/C15H20N4/c1-3-17-10-12(2)11-19-14-7-5-4-6-13(14)18-15(19)8-9-16/h4-7,12,17H,3,8,10-11H2,1-2H3. The molecule has 0 aliphatic rings. The lowest BCUT2D eigenvalue weighted by atomic mass is 10.1. The summed E-state index contributed by atoms with van der Waals surface area (Å²) >= 11 is 0. The van der Waals surface area contributed by atoms with Gasteiger partial charge in [0, 0.05) is 6.54 Å². The van der Waals surface area contributed by atoms with E-state index in [9.17, 15) is 0 Å². The van der Waals surface area contributed by atoms with E-state index >= 15 is 0 Å². The summed E-state index contributed by atoms with van der Waals surface area (Å²) < 4.78 is 2.18. The van der Waals surface area contributed by atoms with E-state index in [0.29, 0.717) is 12.3 Å². The maximum atomic E-state index is 8.93. The first-order chi connectivity index (χ1) is 9.26. The Morgan fingerprint density at radius 3 is 2.95 bits per heavy atom. The van der Waals surface area contributed by atoms with E-state index in [1.54, 1.807) is 0 Å². The number of aromatic nitrogens is 2. The van der Waals surface area contributed by atoms with Crippen molar-refractivity contribution in [2.24, 2.45) is 5.92 Å². The molecule has 2 aromatic rings. The summed E-state index contributed by atoms with van der Waals surface area (Å²) in [6.07, 6.45) is 0.364. The van der Waals surface area contributed by atoms with Gasteiger partial charge in [-0.15, -0.1) is 0 Å². The van der Waals surface area contributed by atoms with Crippen molar-refractivity contribution >= 4 is 11.0 Å². The number of fused-ring (bicyclic) bond motifs is 1. The van der Waals surface area contributed by atoms with Gasteiger partial charge in [0.25, 0.3) is 0 Å². The van der Waals surface area contributed by atoms with Gasteiger partial charge >= 0.3 is 0 Å². The maximum absolute atomic E-state index is 8.93. The molecule has 0 spiro atoms. The summed E-state index contributed by atoms with van der Waals surface area (Å²) in [6.45, 7) is 7.19. The third-order valence-electron chi connectivity index (χ3n) is 3.21. The Morgan fingerprint density at radius 1 is 1.42 bits per heavy atom. The van der Waals surface area contributed by atoms with Crippen molar-refractivity contribution in [1.82, 2.24) is 14.9 Å². The molecule has 19 heavy (non-hydrogen) atoms. The van der Waals surface area contributed by atoms with E-state index in [1.807, 2.05) is 18.2 Å². The average Bonchev–Trinajstić information content (AvgIpc) is 2.75. The molecule has 0 aliphatic heterocycles. The Labute approximate surface area is 114 Å². The van der Waals surface area contributed by atoms with Crippen LogP contribution in [0.4, 0.5) is 0 Å². The molecule has 1 aromatic heterocycles. The first-order valence-corrected chi connectivity index (χ1v) is 6.78. The van der Waals surface area contributed by atoms with Crippen LogP contribution in [-0.4, -0.2) is 22.6 Å². The molecule has 4 nitrogen and oxygen atoms in total. The third-order valence-corrected chi connectivity index (χ3v) is 3.21. The van der Waals surface area contributed by atoms with Crippen LogP contribution in [0.25, 0.3) is 11.0 Å². The smallest absolute Gasteiger partial charge is 0.124 e. The summed E-state index contributed by atoms with van der Waals surface area (Å²) in [7, 11) is 0. The van der Waals surface area contributed by atoms with E-state index in [1.165, 1.54) is 0 Å². The van der Waals surface area contributed by atoms with Gasteiger partial charge in [0.15, 0.2) is 0 Å². The summed E-state index contributed by atoms with van der Waals surface area (Å²) in [5.41, 5.74) is 2.10. The van der Waals surface area contributed by atoms with Crippen molar-refractivity contribution in [1.29, 1.82) is 5.26 Å². The topological polar surface area (TPSA) is 53.6 Å². The van der Waals surface area contributed by atoms with E-state index in [-0.39, 0.29) is 0 Å². The molecule has 0 bridgehead atoms. The Balaban J connectivity index is 2.28. The van der Waals surface area contributed by atoms with Gasteiger partial charge in [-0.1, -0.05) is 26.0 Å². The molecule has 2 rings (SSSR count). The van der Waals surface area contributed by atoms with Crippen LogP contribution in [0.1, 0.15) is 19.7 Å². The molecule has 0 saturated heterocycles. The first kappa shape index (κ1) is 13.6. The van der Waals surface area contributed by atoms with Crippen molar-refractivity contribution < 1.29 is 0 Å². The largest absolute Gasteiger partial charge is 0.327 e. The molecule has 1 N–H and O–H groups in total. The van der Waals surface area contributed by atoms with Gasteiger partial charge in [0.05, 0.1) is 23.5 Å². The molecule has 0 saturated carbocycles. The summed E-state index contributed by atoms with van der Waals surface area (Å²) in [4.78, 5) is 4.56. The molecule has 1 atom stereocenters. The Bertz CT molecular complexity index is 579. The molecule has 0 fully saturated rings. The van der Waals surface area contributed by atoms with E-state index in [0.717, 1.165) is 36.5 Å². The van der Waals surface area contributed by atoms with Gasteiger partial charge in [-0.05, 0) is 31.1 Å². The van der Waals surface area contributed by atoms with E-state index in [2.05, 4.69) is 40.9 Å². The molecule has 0 radical (unpaired) electrons. The summed E-state index contributed by atoms with van der Waals surface area (Å²) in [5, 5.41) is 12.3. The van der Waals surface area contributed by atoms with Crippen LogP contribution >= 0.6 is 0 Å². The highest BCUT2D eigenvalue weighted by molar-refractivity contribution is 5.75. The second-order valence-electron chi connectivity index (χ2n) is 4.88. The highest BCUT2D eigenvalue weighted by atomic mass is 15.1. The second kappa shape index (κ2) is 6.35. The highest BCUT2D eigenvalue weighted by Gasteiger charge is 2.12. The number of imidazole rings is 1. The number of nitriles is 1. The van der Waals surface area contributed by atoms with Gasteiger partial charge in [-0.2, -0.15) is 5.26 Å². The van der Waals surface area contributed by atoms with Crippen molar-refractivity contribution in [3.8, 4) is 6.07 Å². The first-order valence-electron chi connectivity index (χ1n) is 6.78. The normalized spacial score (nSPS) is 12.5. The predicted octanol–water partition coefficient (Wildman–Crippen LogP) is 2.35. The minimum absolute atomic E-state index is 0.364. The number of nitrogens with zero attached hydrogens (tertiary/aromatic N) is 3. The van der Waals surface area contributed by atoms with E-state index in [4.69, 9.17) is 5.26 Å². The third kappa shape index (κ3) is 3.12. The Kier molecular flexibility index (Phi) is 4.53. The molecule has 0 aliphatic carbocycles. The van der Waals surface area contributed by atoms with Crippen LogP contribution in [0.3, 0.4) is 0 Å². The maximum Gasteiger partial charge on any atom is 0.124 e. The molecule has 1 aromatic carbocycles. The minimum atomic E-state index is 0.364. The number of nitrogens with one attached hydrogen (secondary N) is 1.